The molecule has 0 radical (unpaired) electrons. The standard InChI is InChI=1S/C23H18N6O3S/c24-12-15-1-8-22(26-13-15)29(18-6-7-18)33(31,32)19-9-10-28-21(11-19)20(14-27-28)16-2-4-17(5-3-16)23(25)30/h1-5,8-11,13-14,18H,6-7H2,(H2,25,30). The molecule has 1 aromatic carbocycles. The van der Waals surface area contributed by atoms with Crippen molar-refractivity contribution in [2.45, 2.75) is 23.8 Å². The lowest BCUT2D eigenvalue weighted by molar-refractivity contribution is 0.100. The number of amides is 1. The number of nitrogens with two attached hydrogens (primary N) is 1. The molecule has 0 aliphatic heterocycles. The highest BCUT2D eigenvalue weighted by Crippen LogP contribution is 2.36. The number of hydrogen-bond donors (Lipinski definition) is 1. The summed E-state index contributed by atoms with van der Waals surface area (Å²) in [7, 11) is -3.91. The lowest BCUT2D eigenvalue weighted by Crippen LogP contribution is -2.33. The summed E-state index contributed by atoms with van der Waals surface area (Å²) in [6.45, 7) is 0. The highest BCUT2D eigenvalue weighted by molar-refractivity contribution is 7.92. The number of nitriles is 1. The molecule has 0 bridgehead atoms. The van der Waals surface area contributed by atoms with E-state index in [1.54, 1.807) is 59.4 Å². The molecule has 1 aliphatic rings. The minimum absolute atomic E-state index is 0.114. The molecule has 9 nitrogen and oxygen atoms in total. The van der Waals surface area contributed by atoms with Gasteiger partial charge in [0.05, 0.1) is 22.2 Å². The molecule has 2 N–H and O–H groups in total. The molecule has 1 amide bonds. The molecule has 5 rings (SSSR count). The Labute approximate surface area is 189 Å². The highest BCUT2D eigenvalue weighted by Gasteiger charge is 2.39. The van der Waals surface area contributed by atoms with Crippen LogP contribution >= 0.6 is 0 Å². The molecule has 4 aromatic rings. The van der Waals surface area contributed by atoms with Crippen molar-refractivity contribution in [3.05, 3.63) is 78.2 Å². The van der Waals surface area contributed by atoms with E-state index in [4.69, 9.17) is 11.0 Å². The third-order valence-electron chi connectivity index (χ3n) is 5.51. The van der Waals surface area contributed by atoms with Gasteiger partial charge in [-0.2, -0.15) is 10.4 Å². The largest absolute Gasteiger partial charge is 0.366 e. The van der Waals surface area contributed by atoms with Crippen LogP contribution in [-0.4, -0.2) is 35.0 Å². The number of carbonyl (C=O) groups excluding carboxylic acids is 1. The molecule has 3 heterocycles. The quantitative estimate of drug-likeness (QED) is 0.472. The van der Waals surface area contributed by atoms with Gasteiger partial charge in [0, 0.05) is 29.6 Å². The number of rotatable bonds is 6. The molecule has 0 atom stereocenters. The van der Waals surface area contributed by atoms with Crippen LogP contribution in [0.4, 0.5) is 5.82 Å². The van der Waals surface area contributed by atoms with Crippen molar-refractivity contribution in [1.82, 2.24) is 14.6 Å². The van der Waals surface area contributed by atoms with E-state index in [0.717, 1.165) is 24.0 Å². The van der Waals surface area contributed by atoms with E-state index in [2.05, 4.69) is 10.1 Å². The fraction of sp³-hybridized carbons (Fsp3) is 0.130. The minimum atomic E-state index is -3.91. The number of nitrogens with zero attached hydrogens (tertiary/aromatic N) is 5. The van der Waals surface area contributed by atoms with E-state index in [9.17, 15) is 13.2 Å². The monoisotopic (exact) mass is 458 g/mol. The van der Waals surface area contributed by atoms with Crippen molar-refractivity contribution >= 4 is 27.3 Å². The normalized spacial score (nSPS) is 13.5. The second-order valence-electron chi connectivity index (χ2n) is 7.74. The first-order chi connectivity index (χ1) is 15.9. The average molecular weight is 459 g/mol. The van der Waals surface area contributed by atoms with Gasteiger partial charge in [-0.25, -0.2) is 22.2 Å². The topological polar surface area (TPSA) is 134 Å². The zero-order chi connectivity index (χ0) is 23.2. The van der Waals surface area contributed by atoms with Gasteiger partial charge >= 0.3 is 0 Å². The van der Waals surface area contributed by atoms with Crippen molar-refractivity contribution in [2.24, 2.45) is 5.73 Å². The first-order valence-electron chi connectivity index (χ1n) is 10.2. The molecular weight excluding hydrogens is 440 g/mol. The van der Waals surface area contributed by atoms with Crippen LogP contribution in [0.1, 0.15) is 28.8 Å². The molecule has 1 saturated carbocycles. The minimum Gasteiger partial charge on any atom is -0.366 e. The van der Waals surface area contributed by atoms with Gasteiger partial charge in [-0.15, -0.1) is 0 Å². The van der Waals surface area contributed by atoms with Crippen molar-refractivity contribution < 1.29 is 13.2 Å². The van der Waals surface area contributed by atoms with Crippen LogP contribution in [0.25, 0.3) is 16.6 Å². The first kappa shape index (κ1) is 20.7. The summed E-state index contributed by atoms with van der Waals surface area (Å²) in [6, 6.07) is 14.7. The molecule has 1 fully saturated rings. The molecule has 0 unspecified atom stereocenters. The fourth-order valence-electron chi connectivity index (χ4n) is 3.67. The van der Waals surface area contributed by atoms with Crippen molar-refractivity contribution in [1.29, 1.82) is 5.26 Å². The average Bonchev–Trinajstić information content (AvgIpc) is 3.56. The van der Waals surface area contributed by atoms with Crippen LogP contribution in [0.3, 0.4) is 0 Å². The lowest BCUT2D eigenvalue weighted by atomic mass is 10.1. The summed E-state index contributed by atoms with van der Waals surface area (Å²) in [6.07, 6.45) is 6.10. The number of pyridine rings is 2. The fourth-order valence-corrected chi connectivity index (χ4v) is 5.35. The number of sulfonamides is 1. The van der Waals surface area contributed by atoms with E-state index in [1.165, 1.54) is 16.6 Å². The third-order valence-corrected chi connectivity index (χ3v) is 7.36. The van der Waals surface area contributed by atoms with E-state index in [1.807, 2.05) is 6.07 Å². The Morgan fingerprint density at radius 2 is 1.88 bits per heavy atom. The van der Waals surface area contributed by atoms with Crippen LogP contribution in [0.15, 0.2) is 72.0 Å². The summed E-state index contributed by atoms with van der Waals surface area (Å²) in [5.74, 6) is -0.237. The van der Waals surface area contributed by atoms with Crippen LogP contribution in [0, 0.1) is 11.3 Å². The number of hydrogen-bond acceptors (Lipinski definition) is 6. The summed E-state index contributed by atoms with van der Waals surface area (Å²) in [5.41, 5.74) is 8.16. The Morgan fingerprint density at radius 1 is 1.12 bits per heavy atom. The number of fused-ring (bicyclic) bond motifs is 1. The molecule has 10 heteroatoms. The predicted octanol–water partition coefficient (Wildman–Crippen LogP) is 2.72. The highest BCUT2D eigenvalue weighted by atomic mass is 32.2. The Morgan fingerprint density at radius 3 is 2.48 bits per heavy atom. The summed E-state index contributed by atoms with van der Waals surface area (Å²) >= 11 is 0. The van der Waals surface area contributed by atoms with Crippen LogP contribution in [0.2, 0.25) is 0 Å². The molecule has 0 saturated heterocycles. The van der Waals surface area contributed by atoms with Gasteiger partial charge in [-0.1, -0.05) is 12.1 Å². The van der Waals surface area contributed by atoms with E-state index in [0.29, 0.717) is 16.6 Å². The van der Waals surface area contributed by atoms with Gasteiger partial charge in [0.1, 0.15) is 11.9 Å². The number of carbonyl (C=O) groups is 1. The van der Waals surface area contributed by atoms with Gasteiger partial charge in [-0.3, -0.25) is 4.79 Å². The maximum atomic E-state index is 13.6. The number of benzene rings is 1. The van der Waals surface area contributed by atoms with Crippen LogP contribution in [0.5, 0.6) is 0 Å². The number of anilines is 1. The van der Waals surface area contributed by atoms with Gasteiger partial charge in [0.25, 0.3) is 10.0 Å². The third kappa shape index (κ3) is 3.68. The smallest absolute Gasteiger partial charge is 0.265 e. The van der Waals surface area contributed by atoms with Crippen molar-refractivity contribution in [2.75, 3.05) is 4.31 Å². The van der Waals surface area contributed by atoms with Gasteiger partial charge < -0.3 is 5.73 Å². The summed E-state index contributed by atoms with van der Waals surface area (Å²) in [4.78, 5) is 15.7. The SMILES string of the molecule is N#Cc1ccc(N(C2CC2)S(=O)(=O)c2ccn3ncc(-c4ccc(C(N)=O)cc4)c3c2)nc1. The molecule has 164 valence electrons. The maximum Gasteiger partial charge on any atom is 0.265 e. The predicted molar refractivity (Wildman–Crippen MR) is 121 cm³/mol. The number of primary amides is 1. The summed E-state index contributed by atoms with van der Waals surface area (Å²) < 4.78 is 30.2. The summed E-state index contributed by atoms with van der Waals surface area (Å²) in [5, 5.41) is 13.3. The van der Waals surface area contributed by atoms with Crippen molar-refractivity contribution in [3.63, 3.8) is 0 Å². The Hall–Kier alpha value is -4.23. The van der Waals surface area contributed by atoms with E-state index < -0.39 is 15.9 Å². The van der Waals surface area contributed by atoms with Gasteiger partial charge in [-0.05, 0) is 54.8 Å². The Balaban J connectivity index is 1.58. The van der Waals surface area contributed by atoms with Gasteiger partial charge in [0.2, 0.25) is 5.91 Å². The van der Waals surface area contributed by atoms with Crippen LogP contribution < -0.4 is 10.0 Å². The zero-order valence-electron chi connectivity index (χ0n) is 17.3. The first-order valence-corrected chi connectivity index (χ1v) is 11.6. The lowest BCUT2D eigenvalue weighted by Gasteiger charge is -2.23. The zero-order valence-corrected chi connectivity index (χ0v) is 18.1. The Kier molecular flexibility index (Phi) is 4.83. The van der Waals surface area contributed by atoms with Crippen LogP contribution in [-0.2, 0) is 10.0 Å². The second kappa shape index (κ2) is 7.72. The molecule has 1 aliphatic carbocycles. The second-order valence-corrected chi connectivity index (χ2v) is 9.56. The van der Waals surface area contributed by atoms with Crippen molar-refractivity contribution in [3.8, 4) is 17.2 Å². The van der Waals surface area contributed by atoms with E-state index >= 15 is 0 Å². The number of aromatic nitrogens is 3. The maximum absolute atomic E-state index is 13.6. The molecule has 3 aromatic heterocycles. The molecular formula is C23H18N6O3S. The van der Waals surface area contributed by atoms with E-state index in [-0.39, 0.29) is 16.8 Å². The Bertz CT molecular complexity index is 1520. The van der Waals surface area contributed by atoms with Gasteiger partial charge in [0.15, 0.2) is 0 Å². The molecule has 0 spiro atoms. The molecule has 33 heavy (non-hydrogen) atoms.